The molecule has 4 N–H and O–H groups in total. The minimum absolute atomic E-state index is 0.0670. The van der Waals surface area contributed by atoms with Gasteiger partial charge in [-0.3, -0.25) is 0 Å². The van der Waals surface area contributed by atoms with Crippen LogP contribution in [0.15, 0.2) is 23.1 Å². The number of nitrogens with two attached hydrogens (primary N) is 1. The van der Waals surface area contributed by atoms with E-state index in [-0.39, 0.29) is 10.9 Å². The minimum atomic E-state index is -3.72. The van der Waals surface area contributed by atoms with Crippen molar-refractivity contribution in [2.24, 2.45) is 5.14 Å². The first-order valence-corrected chi connectivity index (χ1v) is 9.11. The molecule has 2 unspecified atom stereocenters. The highest BCUT2D eigenvalue weighted by molar-refractivity contribution is 7.89. The van der Waals surface area contributed by atoms with Gasteiger partial charge in [0.15, 0.2) is 0 Å². The van der Waals surface area contributed by atoms with Crippen LogP contribution in [-0.4, -0.2) is 27.0 Å². The lowest BCUT2D eigenvalue weighted by atomic mass is 9.99. The van der Waals surface area contributed by atoms with Crippen molar-refractivity contribution in [3.8, 4) is 0 Å². The van der Waals surface area contributed by atoms with Gasteiger partial charge in [0, 0.05) is 12.1 Å². The van der Waals surface area contributed by atoms with Crippen LogP contribution in [0.25, 0.3) is 0 Å². The summed E-state index contributed by atoms with van der Waals surface area (Å²) >= 11 is 6.12. The van der Waals surface area contributed by atoms with Gasteiger partial charge in [-0.1, -0.05) is 18.0 Å². The predicted molar refractivity (Wildman–Crippen MR) is 86.2 cm³/mol. The number of primary sulfonamides is 1. The summed E-state index contributed by atoms with van der Waals surface area (Å²) in [5.74, 6) is 0. The zero-order valence-corrected chi connectivity index (χ0v) is 13.7. The summed E-state index contributed by atoms with van der Waals surface area (Å²) in [5.41, 5.74) is 0.603. The molecular formula is C14H22ClN3O2S. The maximum atomic E-state index is 11.4. The molecule has 1 saturated heterocycles. The molecule has 2 rings (SSSR count). The summed E-state index contributed by atoms with van der Waals surface area (Å²) in [6.45, 7) is 3.13. The Kier molecular flexibility index (Phi) is 5.48. The van der Waals surface area contributed by atoms with Crippen molar-refractivity contribution in [1.29, 1.82) is 0 Å². The van der Waals surface area contributed by atoms with E-state index in [9.17, 15) is 8.42 Å². The van der Waals surface area contributed by atoms with Crippen LogP contribution < -0.4 is 15.8 Å². The number of rotatable bonds is 5. The Labute approximate surface area is 131 Å². The fourth-order valence-electron chi connectivity index (χ4n) is 2.67. The smallest absolute Gasteiger partial charge is 0.238 e. The van der Waals surface area contributed by atoms with Crippen LogP contribution in [0.3, 0.4) is 0 Å². The van der Waals surface area contributed by atoms with Crippen molar-refractivity contribution in [1.82, 2.24) is 5.32 Å². The predicted octanol–water partition coefficient (Wildman–Crippen LogP) is 2.32. The summed E-state index contributed by atoms with van der Waals surface area (Å²) in [6, 6.07) is 5.14. The fourth-order valence-corrected chi connectivity index (χ4v) is 3.38. The monoisotopic (exact) mass is 331 g/mol. The van der Waals surface area contributed by atoms with Gasteiger partial charge in [-0.15, -0.1) is 0 Å². The summed E-state index contributed by atoms with van der Waals surface area (Å²) in [5, 5.41) is 12.4. The Morgan fingerprint density at radius 1 is 1.48 bits per heavy atom. The second-order valence-electron chi connectivity index (χ2n) is 5.61. The maximum Gasteiger partial charge on any atom is 0.238 e. The van der Waals surface area contributed by atoms with Gasteiger partial charge in [0.2, 0.25) is 10.0 Å². The third-order valence-electron chi connectivity index (χ3n) is 3.72. The molecule has 21 heavy (non-hydrogen) atoms. The first kappa shape index (κ1) is 16.5. The quantitative estimate of drug-likeness (QED) is 0.773. The van der Waals surface area contributed by atoms with E-state index in [0.29, 0.717) is 16.8 Å². The number of nitrogens with one attached hydrogen (secondary N) is 2. The summed E-state index contributed by atoms with van der Waals surface area (Å²) in [4.78, 5) is 0.0670. The summed E-state index contributed by atoms with van der Waals surface area (Å²) < 4.78 is 22.8. The molecule has 0 amide bonds. The van der Waals surface area contributed by atoms with Crippen molar-refractivity contribution in [3.63, 3.8) is 0 Å². The SMILES string of the molecule is CC(CC1CCCCN1)Nc1cc(S(N)(=O)=O)ccc1Cl. The highest BCUT2D eigenvalue weighted by atomic mass is 35.5. The van der Waals surface area contributed by atoms with Crippen molar-refractivity contribution in [3.05, 3.63) is 23.2 Å². The van der Waals surface area contributed by atoms with Crippen LogP contribution >= 0.6 is 11.6 Å². The van der Waals surface area contributed by atoms with E-state index in [1.54, 1.807) is 6.07 Å². The van der Waals surface area contributed by atoms with E-state index >= 15 is 0 Å². The molecule has 1 aromatic carbocycles. The lowest BCUT2D eigenvalue weighted by molar-refractivity contribution is 0.371. The normalized spacial score (nSPS) is 21.0. The Hall–Kier alpha value is -0.820. The number of anilines is 1. The van der Waals surface area contributed by atoms with Crippen molar-refractivity contribution >= 4 is 27.3 Å². The molecule has 0 aromatic heterocycles. The molecular weight excluding hydrogens is 310 g/mol. The van der Waals surface area contributed by atoms with E-state index in [1.807, 2.05) is 0 Å². The number of piperidine rings is 1. The molecule has 2 atom stereocenters. The standard InChI is InChI=1S/C14H22ClN3O2S/c1-10(8-11-4-2-3-7-17-11)18-14-9-12(21(16,19)20)5-6-13(14)15/h5-6,9-11,17-18H,2-4,7-8H2,1H3,(H2,16,19,20). The average Bonchev–Trinajstić information content (AvgIpc) is 2.41. The molecule has 0 bridgehead atoms. The molecule has 1 aliphatic heterocycles. The summed E-state index contributed by atoms with van der Waals surface area (Å²) in [7, 11) is -3.72. The van der Waals surface area contributed by atoms with Gasteiger partial charge in [0.25, 0.3) is 0 Å². The molecule has 1 heterocycles. The molecule has 118 valence electrons. The van der Waals surface area contributed by atoms with Crippen LogP contribution in [-0.2, 0) is 10.0 Å². The molecule has 0 spiro atoms. The molecule has 0 aliphatic carbocycles. The highest BCUT2D eigenvalue weighted by Crippen LogP contribution is 2.26. The fraction of sp³-hybridized carbons (Fsp3) is 0.571. The Morgan fingerprint density at radius 3 is 2.86 bits per heavy atom. The van der Waals surface area contributed by atoms with Crippen LogP contribution in [0.2, 0.25) is 5.02 Å². The van der Waals surface area contributed by atoms with Gasteiger partial charge in [0.05, 0.1) is 15.6 Å². The maximum absolute atomic E-state index is 11.4. The molecule has 7 heteroatoms. The number of hydrogen-bond donors (Lipinski definition) is 3. The van der Waals surface area contributed by atoms with Crippen LogP contribution in [0.1, 0.15) is 32.6 Å². The van der Waals surface area contributed by atoms with Crippen LogP contribution in [0.5, 0.6) is 0 Å². The number of hydrogen-bond acceptors (Lipinski definition) is 4. The second kappa shape index (κ2) is 6.96. The largest absolute Gasteiger partial charge is 0.381 e. The lowest BCUT2D eigenvalue weighted by Gasteiger charge is -2.27. The van der Waals surface area contributed by atoms with E-state index in [2.05, 4.69) is 17.6 Å². The molecule has 1 aromatic rings. The number of halogens is 1. The average molecular weight is 332 g/mol. The molecule has 5 nitrogen and oxygen atoms in total. The first-order chi connectivity index (χ1) is 9.86. The highest BCUT2D eigenvalue weighted by Gasteiger charge is 2.17. The molecule has 0 radical (unpaired) electrons. The topological polar surface area (TPSA) is 84.2 Å². The van der Waals surface area contributed by atoms with E-state index in [1.165, 1.54) is 31.4 Å². The third-order valence-corrected chi connectivity index (χ3v) is 4.96. The van der Waals surface area contributed by atoms with Gasteiger partial charge >= 0.3 is 0 Å². The van der Waals surface area contributed by atoms with Crippen LogP contribution in [0.4, 0.5) is 5.69 Å². The molecule has 1 aliphatic rings. The number of benzene rings is 1. The van der Waals surface area contributed by atoms with Crippen molar-refractivity contribution in [2.45, 2.75) is 49.6 Å². The Morgan fingerprint density at radius 2 is 2.24 bits per heavy atom. The number of sulfonamides is 1. The van der Waals surface area contributed by atoms with Gasteiger partial charge in [-0.25, -0.2) is 13.6 Å². The van der Waals surface area contributed by atoms with E-state index in [0.717, 1.165) is 13.0 Å². The third kappa shape index (κ3) is 4.85. The molecule has 0 saturated carbocycles. The minimum Gasteiger partial charge on any atom is -0.381 e. The van der Waals surface area contributed by atoms with E-state index < -0.39 is 10.0 Å². The van der Waals surface area contributed by atoms with Crippen LogP contribution in [0, 0.1) is 0 Å². The van der Waals surface area contributed by atoms with Gasteiger partial charge in [0.1, 0.15) is 0 Å². The Balaban J connectivity index is 2.04. The Bertz CT molecular complexity index is 586. The van der Waals surface area contributed by atoms with Crippen molar-refractivity contribution in [2.75, 3.05) is 11.9 Å². The van der Waals surface area contributed by atoms with Gasteiger partial charge in [-0.2, -0.15) is 0 Å². The van der Waals surface area contributed by atoms with Gasteiger partial charge in [-0.05, 0) is 50.9 Å². The van der Waals surface area contributed by atoms with Gasteiger partial charge < -0.3 is 10.6 Å². The second-order valence-corrected chi connectivity index (χ2v) is 7.58. The zero-order chi connectivity index (χ0) is 15.5. The zero-order valence-electron chi connectivity index (χ0n) is 12.1. The lowest BCUT2D eigenvalue weighted by Crippen LogP contribution is -2.37. The first-order valence-electron chi connectivity index (χ1n) is 7.18. The summed E-state index contributed by atoms with van der Waals surface area (Å²) in [6.07, 6.45) is 4.64. The molecule has 1 fully saturated rings. The van der Waals surface area contributed by atoms with E-state index in [4.69, 9.17) is 16.7 Å². The van der Waals surface area contributed by atoms with Crippen molar-refractivity contribution < 1.29 is 8.42 Å².